The Morgan fingerprint density at radius 1 is 0.925 bits per heavy atom. The molecule has 3 aromatic carbocycles. The Bertz CT molecular complexity index is 1950. The van der Waals surface area contributed by atoms with Crippen molar-refractivity contribution in [1.82, 2.24) is 14.5 Å². The average molecular weight is 762 g/mol. The lowest BCUT2D eigenvalue weighted by Crippen LogP contribution is -2.47. The summed E-state index contributed by atoms with van der Waals surface area (Å²) >= 11 is 12.8. The number of aromatic nitrogens is 2. The van der Waals surface area contributed by atoms with Gasteiger partial charge in [0.2, 0.25) is 11.7 Å². The first kappa shape index (κ1) is 36.7. The van der Waals surface area contributed by atoms with Gasteiger partial charge >= 0.3 is 6.03 Å². The molecule has 4 heterocycles. The fourth-order valence-electron chi connectivity index (χ4n) is 7.12. The summed E-state index contributed by atoms with van der Waals surface area (Å²) in [5, 5.41) is 0.987. The first-order chi connectivity index (χ1) is 25.5. The Hall–Kier alpha value is -4.62. The number of rotatable bonds is 11. The van der Waals surface area contributed by atoms with E-state index in [1.165, 1.54) is 0 Å². The molecule has 0 bridgehead atoms. The van der Waals surface area contributed by atoms with Gasteiger partial charge in [0.15, 0.2) is 0 Å². The second-order valence-corrected chi connectivity index (χ2v) is 14.8. The van der Waals surface area contributed by atoms with Gasteiger partial charge in [-0.05, 0) is 80.9 Å². The Morgan fingerprint density at radius 2 is 1.57 bits per heavy atom. The van der Waals surface area contributed by atoms with E-state index >= 15 is 0 Å². The molecule has 0 spiro atoms. The Kier molecular flexibility index (Phi) is 10.4. The number of imidazole rings is 1. The van der Waals surface area contributed by atoms with Crippen molar-refractivity contribution < 1.29 is 28.6 Å². The summed E-state index contributed by atoms with van der Waals surface area (Å²) < 4.78 is 20.8. The van der Waals surface area contributed by atoms with Crippen LogP contribution < -0.4 is 19.4 Å². The quantitative estimate of drug-likeness (QED) is 0.154. The van der Waals surface area contributed by atoms with Crippen LogP contribution in [0.25, 0.3) is 0 Å². The van der Waals surface area contributed by atoms with E-state index in [1.807, 2.05) is 48.0 Å². The molecule has 12 nitrogen and oxygen atoms in total. The van der Waals surface area contributed by atoms with E-state index in [0.717, 1.165) is 53.1 Å². The highest BCUT2D eigenvalue weighted by molar-refractivity contribution is 6.35. The van der Waals surface area contributed by atoms with E-state index in [0.29, 0.717) is 47.5 Å². The van der Waals surface area contributed by atoms with Crippen molar-refractivity contribution in [2.75, 3.05) is 54.1 Å². The van der Waals surface area contributed by atoms with Gasteiger partial charge in [0.25, 0.3) is 5.91 Å². The van der Waals surface area contributed by atoms with E-state index < -0.39 is 23.3 Å². The highest BCUT2D eigenvalue weighted by atomic mass is 35.5. The lowest BCUT2D eigenvalue weighted by atomic mass is 10.0. The van der Waals surface area contributed by atoms with Crippen LogP contribution in [0.3, 0.4) is 0 Å². The second kappa shape index (κ2) is 15.0. The number of hydrogen-bond acceptors (Lipinski definition) is 9. The third kappa shape index (κ3) is 7.33. The Labute approximate surface area is 318 Å². The number of anilines is 3. The number of carbonyl (C=O) groups excluding carboxylic acids is 3. The van der Waals surface area contributed by atoms with Crippen molar-refractivity contribution in [3.63, 3.8) is 0 Å². The third-order valence-corrected chi connectivity index (χ3v) is 10.5. The molecule has 0 radical (unpaired) electrons. The number of amides is 4. The van der Waals surface area contributed by atoms with Crippen molar-refractivity contribution in [2.45, 2.75) is 57.6 Å². The second-order valence-electron chi connectivity index (χ2n) is 13.9. The fraction of sp³-hybridized carbons (Fsp3) is 0.385. The van der Waals surface area contributed by atoms with Gasteiger partial charge in [-0.15, -0.1) is 0 Å². The van der Waals surface area contributed by atoms with Gasteiger partial charge < -0.3 is 28.6 Å². The van der Waals surface area contributed by atoms with Crippen molar-refractivity contribution >= 4 is 58.1 Å². The van der Waals surface area contributed by atoms with Crippen LogP contribution in [0.4, 0.5) is 21.9 Å². The summed E-state index contributed by atoms with van der Waals surface area (Å²) in [7, 11) is 0. The zero-order valence-corrected chi connectivity index (χ0v) is 31.4. The largest absolute Gasteiger partial charge is 0.491 e. The molecule has 0 saturated carbocycles. The molecule has 53 heavy (non-hydrogen) atoms. The molecule has 0 aliphatic carbocycles. The zero-order valence-electron chi connectivity index (χ0n) is 29.9. The van der Waals surface area contributed by atoms with Crippen molar-refractivity contribution in [3.8, 4) is 5.75 Å². The molecule has 3 saturated heterocycles. The van der Waals surface area contributed by atoms with Gasteiger partial charge in [-0.1, -0.05) is 36.2 Å². The maximum Gasteiger partial charge on any atom is 0.339 e. The van der Waals surface area contributed by atoms with Crippen LogP contribution in [0, 0.1) is 0 Å². The summed E-state index contributed by atoms with van der Waals surface area (Å²) in [6.45, 7) is 9.29. The summed E-state index contributed by atoms with van der Waals surface area (Å²) in [6, 6.07) is 20.1. The number of hydrogen-bond donors (Lipinski definition) is 0. The summed E-state index contributed by atoms with van der Waals surface area (Å²) in [6.07, 6.45) is 5.73. The molecule has 14 heteroatoms. The molecular formula is C39H42Cl2N6O6. The van der Waals surface area contributed by atoms with Gasteiger partial charge in [-0.2, -0.15) is 0 Å². The lowest BCUT2D eigenvalue weighted by Gasteiger charge is -2.37. The molecule has 3 fully saturated rings. The standard InChI is InChI=1S/C39H42Cl2N6O6/c1-4-5-35(48)47-37(50)46(36(49)38(47,2)3)30-9-7-28(8-10-30)44-18-20-45(21-19-44)29-11-13-31(14-12-29)51-23-32-24-52-39(53-32,25-43-17-16-42-26-43)33-15-6-27(40)22-34(33)41/h6-17,22,26,32H,4-5,18-21,23-25H2,1-3H3/t32-,39-/m1/s1. The number of urea groups is 1. The zero-order chi connectivity index (χ0) is 37.3. The summed E-state index contributed by atoms with van der Waals surface area (Å²) in [5.74, 6) is -1.14. The van der Waals surface area contributed by atoms with Gasteiger partial charge in [-0.25, -0.2) is 19.6 Å². The molecule has 3 aliphatic rings. The van der Waals surface area contributed by atoms with Gasteiger partial charge in [0, 0.05) is 67.0 Å². The van der Waals surface area contributed by atoms with Crippen molar-refractivity contribution in [3.05, 3.63) is 101 Å². The van der Waals surface area contributed by atoms with Crippen LogP contribution in [-0.4, -0.2) is 83.3 Å². The SMILES string of the molecule is CCCC(=O)N1C(=O)N(c2ccc(N3CCN(c4ccc(OC[C@@H]5CO[C@@](Cn6ccnc6)(c6ccc(Cl)cc6Cl)O5)cc4)CC3)cc2)C(=O)C1(C)C. The number of piperazine rings is 1. The normalized spacial score (nSPS) is 21.5. The first-order valence-corrected chi connectivity index (χ1v) is 18.5. The lowest BCUT2D eigenvalue weighted by molar-refractivity contribution is -0.189. The average Bonchev–Trinajstić information content (AvgIpc) is 3.85. The van der Waals surface area contributed by atoms with E-state index in [1.54, 1.807) is 50.6 Å². The van der Waals surface area contributed by atoms with Crippen LogP contribution in [0.5, 0.6) is 5.75 Å². The smallest absolute Gasteiger partial charge is 0.339 e. The van der Waals surface area contributed by atoms with Crippen LogP contribution in [-0.2, 0) is 31.4 Å². The predicted octanol–water partition coefficient (Wildman–Crippen LogP) is 6.74. The van der Waals surface area contributed by atoms with Crippen LogP contribution in [0.2, 0.25) is 10.0 Å². The number of benzene rings is 3. The minimum Gasteiger partial charge on any atom is -0.491 e. The molecule has 0 N–H and O–H groups in total. The molecule has 4 aromatic rings. The minimum absolute atomic E-state index is 0.211. The van der Waals surface area contributed by atoms with E-state index in [-0.39, 0.29) is 18.4 Å². The first-order valence-electron chi connectivity index (χ1n) is 17.8. The topological polar surface area (TPSA) is 110 Å². The molecule has 4 amide bonds. The number of halogens is 2. The maximum absolute atomic E-state index is 13.2. The number of carbonyl (C=O) groups is 3. The fourth-order valence-corrected chi connectivity index (χ4v) is 7.67. The van der Waals surface area contributed by atoms with E-state index in [2.05, 4.69) is 26.9 Å². The van der Waals surface area contributed by atoms with E-state index in [4.69, 9.17) is 37.4 Å². The van der Waals surface area contributed by atoms with Crippen molar-refractivity contribution in [1.29, 1.82) is 0 Å². The Morgan fingerprint density at radius 3 is 2.17 bits per heavy atom. The molecule has 3 aliphatic heterocycles. The summed E-state index contributed by atoms with van der Waals surface area (Å²) in [5.41, 5.74) is 2.01. The number of imide groups is 2. The number of ether oxygens (including phenoxy) is 3. The minimum atomic E-state index is -1.23. The van der Waals surface area contributed by atoms with Crippen LogP contribution in [0.1, 0.15) is 39.2 Å². The monoisotopic (exact) mass is 760 g/mol. The van der Waals surface area contributed by atoms with Crippen LogP contribution >= 0.6 is 23.2 Å². The van der Waals surface area contributed by atoms with Gasteiger partial charge in [-0.3, -0.25) is 9.59 Å². The maximum atomic E-state index is 13.2. The van der Waals surface area contributed by atoms with Gasteiger partial charge in [0.05, 0.1) is 30.2 Å². The molecular weight excluding hydrogens is 719 g/mol. The molecule has 2 atom stereocenters. The number of nitrogens with zero attached hydrogens (tertiary/aromatic N) is 6. The highest BCUT2D eigenvalue weighted by Crippen LogP contribution is 2.41. The van der Waals surface area contributed by atoms with E-state index in [9.17, 15) is 14.4 Å². The molecule has 0 unspecified atom stereocenters. The molecule has 1 aromatic heterocycles. The van der Waals surface area contributed by atoms with Gasteiger partial charge in [0.1, 0.15) is 24.0 Å². The van der Waals surface area contributed by atoms with Crippen molar-refractivity contribution in [2.24, 2.45) is 0 Å². The Balaban J connectivity index is 0.924. The predicted molar refractivity (Wildman–Crippen MR) is 203 cm³/mol. The van der Waals surface area contributed by atoms with Crippen LogP contribution in [0.15, 0.2) is 85.5 Å². The summed E-state index contributed by atoms with van der Waals surface area (Å²) in [4.78, 5) is 50.1. The molecule has 7 rings (SSSR count). The molecule has 278 valence electrons. The highest BCUT2D eigenvalue weighted by Gasteiger charge is 2.54. The third-order valence-electron chi connectivity index (χ3n) is 9.92.